The van der Waals surface area contributed by atoms with Crippen molar-refractivity contribution in [2.24, 2.45) is 5.73 Å². The molecule has 1 aliphatic heterocycles. The number of nitrogens with zero attached hydrogens (tertiary/aromatic N) is 1. The van der Waals surface area contributed by atoms with E-state index >= 15 is 0 Å². The van der Waals surface area contributed by atoms with Crippen LogP contribution in [0.2, 0.25) is 0 Å². The van der Waals surface area contributed by atoms with Gasteiger partial charge in [0.15, 0.2) is 0 Å². The topological polar surface area (TPSA) is 102 Å². The fourth-order valence-electron chi connectivity index (χ4n) is 2.81. The standard InChI is InChI=1S/C17H16BrN3O4S/c1-25-17(24)21-7-6-11-12(8-21)26-16(13(11)14(19)22)20-15(23)9-2-4-10(18)5-3-9/h2-5H,6-8H2,1H3,(H2,19,22)(H,20,23). The molecule has 0 aliphatic carbocycles. The van der Waals surface area contributed by atoms with Gasteiger partial charge in [-0.1, -0.05) is 15.9 Å². The Balaban J connectivity index is 1.89. The smallest absolute Gasteiger partial charge is 0.409 e. The summed E-state index contributed by atoms with van der Waals surface area (Å²) in [5.74, 6) is -0.927. The van der Waals surface area contributed by atoms with Gasteiger partial charge in [-0.05, 0) is 36.2 Å². The Hall–Kier alpha value is -2.39. The fourth-order valence-corrected chi connectivity index (χ4v) is 4.34. The average Bonchev–Trinajstić information content (AvgIpc) is 2.98. The molecule has 0 saturated heterocycles. The van der Waals surface area contributed by atoms with Crippen LogP contribution in [0.25, 0.3) is 0 Å². The number of benzene rings is 1. The van der Waals surface area contributed by atoms with Crippen molar-refractivity contribution in [1.29, 1.82) is 0 Å². The zero-order chi connectivity index (χ0) is 18.8. The number of hydrogen-bond donors (Lipinski definition) is 2. The number of halogens is 1. The van der Waals surface area contributed by atoms with Gasteiger partial charge in [0.2, 0.25) is 0 Å². The van der Waals surface area contributed by atoms with E-state index < -0.39 is 12.0 Å². The van der Waals surface area contributed by atoms with Crippen molar-refractivity contribution < 1.29 is 19.1 Å². The number of methoxy groups -OCH3 is 1. The molecule has 26 heavy (non-hydrogen) atoms. The van der Waals surface area contributed by atoms with Crippen molar-refractivity contribution in [2.45, 2.75) is 13.0 Å². The number of ether oxygens (including phenoxy) is 1. The summed E-state index contributed by atoms with van der Waals surface area (Å²) in [6.07, 6.45) is 0.0537. The molecule has 0 spiro atoms. The number of carbonyl (C=O) groups is 3. The maximum absolute atomic E-state index is 12.5. The van der Waals surface area contributed by atoms with Crippen LogP contribution in [0.4, 0.5) is 9.80 Å². The lowest BCUT2D eigenvalue weighted by Crippen LogP contribution is -2.35. The zero-order valence-corrected chi connectivity index (χ0v) is 16.3. The second-order valence-electron chi connectivity index (χ2n) is 5.67. The van der Waals surface area contributed by atoms with Gasteiger partial charge in [0, 0.05) is 21.5 Å². The molecule has 2 aromatic rings. The molecule has 0 fully saturated rings. The molecule has 3 rings (SSSR count). The summed E-state index contributed by atoms with van der Waals surface area (Å²) >= 11 is 4.58. The first-order chi connectivity index (χ1) is 12.4. The molecule has 3 amide bonds. The van der Waals surface area contributed by atoms with Crippen LogP contribution < -0.4 is 11.1 Å². The van der Waals surface area contributed by atoms with Crippen molar-refractivity contribution in [3.8, 4) is 0 Å². The van der Waals surface area contributed by atoms with Gasteiger partial charge in [-0.3, -0.25) is 9.59 Å². The normalized spacial score (nSPS) is 13.1. The minimum atomic E-state index is -0.597. The van der Waals surface area contributed by atoms with Crippen LogP contribution in [0, 0.1) is 0 Å². The third-order valence-corrected chi connectivity index (χ3v) is 5.73. The van der Waals surface area contributed by atoms with E-state index in [2.05, 4.69) is 21.2 Å². The molecule has 0 atom stereocenters. The fraction of sp³-hybridized carbons (Fsp3) is 0.235. The molecule has 7 nitrogen and oxygen atoms in total. The van der Waals surface area contributed by atoms with E-state index in [9.17, 15) is 14.4 Å². The number of nitrogens with two attached hydrogens (primary N) is 1. The second kappa shape index (κ2) is 7.46. The van der Waals surface area contributed by atoms with Crippen LogP contribution in [-0.2, 0) is 17.7 Å². The van der Waals surface area contributed by atoms with E-state index in [1.54, 1.807) is 29.2 Å². The summed E-state index contributed by atoms with van der Waals surface area (Å²) in [5, 5.41) is 3.18. The van der Waals surface area contributed by atoms with Crippen molar-refractivity contribution >= 4 is 50.2 Å². The number of rotatable bonds is 3. The van der Waals surface area contributed by atoms with E-state index in [4.69, 9.17) is 10.5 Å². The Bertz CT molecular complexity index is 879. The van der Waals surface area contributed by atoms with Crippen LogP contribution in [0.15, 0.2) is 28.7 Å². The van der Waals surface area contributed by atoms with E-state index in [1.807, 2.05) is 0 Å². The van der Waals surface area contributed by atoms with Gasteiger partial charge >= 0.3 is 6.09 Å². The van der Waals surface area contributed by atoms with Gasteiger partial charge in [0.1, 0.15) is 5.00 Å². The maximum atomic E-state index is 12.5. The molecule has 1 aromatic carbocycles. The number of carbonyl (C=O) groups excluding carboxylic acids is 3. The Kier molecular flexibility index (Phi) is 5.28. The first-order valence-corrected chi connectivity index (χ1v) is 9.35. The zero-order valence-electron chi connectivity index (χ0n) is 13.9. The lowest BCUT2D eigenvalue weighted by Gasteiger charge is -2.25. The molecule has 9 heteroatoms. The predicted molar refractivity (Wildman–Crippen MR) is 101 cm³/mol. The summed E-state index contributed by atoms with van der Waals surface area (Å²) in [4.78, 5) is 38.5. The van der Waals surface area contributed by atoms with E-state index in [0.29, 0.717) is 35.6 Å². The Morgan fingerprint density at radius 2 is 1.96 bits per heavy atom. The highest BCUT2D eigenvalue weighted by atomic mass is 79.9. The highest BCUT2D eigenvalue weighted by Crippen LogP contribution is 2.37. The molecule has 136 valence electrons. The van der Waals surface area contributed by atoms with E-state index in [-0.39, 0.29) is 5.91 Å². The van der Waals surface area contributed by atoms with Gasteiger partial charge < -0.3 is 20.7 Å². The van der Waals surface area contributed by atoms with E-state index in [1.165, 1.54) is 18.4 Å². The Labute approximate surface area is 162 Å². The van der Waals surface area contributed by atoms with Gasteiger partial charge in [0.05, 0.1) is 19.2 Å². The van der Waals surface area contributed by atoms with Crippen LogP contribution in [0.5, 0.6) is 0 Å². The van der Waals surface area contributed by atoms with Crippen molar-refractivity contribution in [3.05, 3.63) is 50.3 Å². The maximum Gasteiger partial charge on any atom is 0.409 e. The molecule has 1 aliphatic rings. The molecule has 1 aromatic heterocycles. The highest BCUT2D eigenvalue weighted by molar-refractivity contribution is 9.10. The number of nitrogens with one attached hydrogen (secondary N) is 1. The molecule has 0 unspecified atom stereocenters. The number of thiophene rings is 1. The van der Waals surface area contributed by atoms with Gasteiger partial charge in [-0.25, -0.2) is 4.79 Å². The van der Waals surface area contributed by atoms with Gasteiger partial charge in [0.25, 0.3) is 11.8 Å². The summed E-state index contributed by atoms with van der Waals surface area (Å²) in [7, 11) is 1.32. The lowest BCUT2D eigenvalue weighted by atomic mass is 10.0. The first-order valence-electron chi connectivity index (χ1n) is 7.75. The summed E-state index contributed by atoms with van der Waals surface area (Å²) in [6, 6.07) is 6.88. The van der Waals surface area contributed by atoms with Crippen molar-refractivity contribution in [1.82, 2.24) is 4.90 Å². The largest absolute Gasteiger partial charge is 0.453 e. The summed E-state index contributed by atoms with van der Waals surface area (Å²) in [6.45, 7) is 0.748. The lowest BCUT2D eigenvalue weighted by molar-refractivity contribution is 0.0999. The molecule has 3 N–H and O–H groups in total. The van der Waals surface area contributed by atoms with Crippen LogP contribution in [0.1, 0.15) is 31.2 Å². The monoisotopic (exact) mass is 437 g/mol. The number of fused-ring (bicyclic) bond motifs is 1. The minimum absolute atomic E-state index is 0.319. The number of hydrogen-bond acceptors (Lipinski definition) is 5. The quantitative estimate of drug-likeness (QED) is 0.769. The molecular formula is C17H16BrN3O4S. The van der Waals surface area contributed by atoms with Crippen LogP contribution in [-0.4, -0.2) is 36.5 Å². The van der Waals surface area contributed by atoms with E-state index in [0.717, 1.165) is 14.9 Å². The molecular weight excluding hydrogens is 422 g/mol. The minimum Gasteiger partial charge on any atom is -0.453 e. The number of amides is 3. The SMILES string of the molecule is COC(=O)N1CCc2c(sc(NC(=O)c3ccc(Br)cc3)c2C(N)=O)C1. The van der Waals surface area contributed by atoms with Crippen molar-refractivity contribution in [3.63, 3.8) is 0 Å². The Morgan fingerprint density at radius 1 is 1.27 bits per heavy atom. The predicted octanol–water partition coefficient (Wildman–Crippen LogP) is 2.99. The third kappa shape index (κ3) is 3.58. The molecule has 0 saturated carbocycles. The Morgan fingerprint density at radius 3 is 2.58 bits per heavy atom. The average molecular weight is 438 g/mol. The van der Waals surface area contributed by atoms with Crippen molar-refractivity contribution in [2.75, 3.05) is 19.0 Å². The summed E-state index contributed by atoms with van der Waals surface area (Å²) < 4.78 is 5.61. The van der Waals surface area contributed by atoms with Gasteiger partial charge in [-0.15, -0.1) is 11.3 Å². The van der Waals surface area contributed by atoms with Crippen LogP contribution >= 0.6 is 27.3 Å². The highest BCUT2D eigenvalue weighted by Gasteiger charge is 2.29. The molecule has 0 bridgehead atoms. The first kappa shape index (κ1) is 18.4. The number of anilines is 1. The van der Waals surface area contributed by atoms with Gasteiger partial charge in [-0.2, -0.15) is 0 Å². The number of primary amides is 1. The summed E-state index contributed by atoms with van der Waals surface area (Å²) in [5.41, 5.74) is 7.11. The van der Waals surface area contributed by atoms with Crippen LogP contribution in [0.3, 0.4) is 0 Å². The molecule has 2 heterocycles. The molecule has 0 radical (unpaired) electrons. The third-order valence-electron chi connectivity index (χ3n) is 4.07. The second-order valence-corrected chi connectivity index (χ2v) is 7.70.